The van der Waals surface area contributed by atoms with E-state index < -0.39 is 71.3 Å². The number of benzene rings is 1. The molecule has 3 heterocycles. The lowest BCUT2D eigenvalue weighted by Gasteiger charge is -2.27. The lowest BCUT2D eigenvalue weighted by atomic mass is 10.1. The molecule has 0 spiro atoms. The average molecular weight is 763 g/mol. The van der Waals surface area contributed by atoms with Crippen LogP contribution in [0.5, 0.6) is 0 Å². The lowest BCUT2D eigenvalue weighted by molar-refractivity contribution is -0.171. The number of rotatable bonds is 11. The number of thioether (sulfide) groups is 1. The molecule has 3 fully saturated rings. The van der Waals surface area contributed by atoms with Crippen molar-refractivity contribution in [3.63, 3.8) is 0 Å². The van der Waals surface area contributed by atoms with E-state index in [1.807, 2.05) is 20.8 Å². The van der Waals surface area contributed by atoms with Crippen molar-refractivity contribution in [2.75, 3.05) is 23.9 Å². The maximum atomic E-state index is 14.3. The highest BCUT2D eigenvalue weighted by molar-refractivity contribution is 7.99. The Labute approximate surface area is 311 Å². The van der Waals surface area contributed by atoms with Crippen LogP contribution in [-0.2, 0) is 28.4 Å². The summed E-state index contributed by atoms with van der Waals surface area (Å²) in [5.74, 6) is -2.22. The van der Waals surface area contributed by atoms with Gasteiger partial charge in [-0.25, -0.2) is 33.0 Å². The van der Waals surface area contributed by atoms with E-state index in [1.165, 1.54) is 22.7 Å². The number of carbonyl (C=O) groups excluding carboxylic acids is 2. The Hall–Kier alpha value is -3.67. The van der Waals surface area contributed by atoms with Crippen molar-refractivity contribution in [3.8, 4) is 0 Å². The molecule has 17 heteroatoms. The molecule has 290 valence electrons. The van der Waals surface area contributed by atoms with E-state index >= 15 is 0 Å². The molecule has 0 bridgehead atoms. The third-order valence-corrected chi connectivity index (χ3v) is 9.77. The fourth-order valence-electron chi connectivity index (χ4n) is 6.62. The van der Waals surface area contributed by atoms with Gasteiger partial charge in [0.15, 0.2) is 39.6 Å². The number of halogens is 2. The highest BCUT2D eigenvalue weighted by atomic mass is 32.2. The third kappa shape index (κ3) is 9.01. The molecule has 3 aromatic rings. The van der Waals surface area contributed by atoms with Crippen LogP contribution in [0.4, 0.5) is 24.2 Å². The van der Waals surface area contributed by atoms with Crippen LogP contribution in [0.25, 0.3) is 11.2 Å². The van der Waals surface area contributed by atoms with Gasteiger partial charge in [-0.2, -0.15) is 0 Å². The standard InChI is InChI=1S/C36H48F2N6O8S/c1-10-15-53-31-39-29(43(32(45)51-34(2,3)4)23-17-20(23)19-11-12-21(37)22(38)16-19)26-30(40-31)44(42-41-26)24-18-25(28-27(24)49-36(8,9)50-28)47-13-14-48-33(46)52-35(5,6)7/h11-12,16,20,23-25,27-28H,10,13-15,17-18H2,1-9H3/t20-,23+,24+,25-,27-,28+/m0/s1. The summed E-state index contributed by atoms with van der Waals surface area (Å²) in [7, 11) is 0. The van der Waals surface area contributed by atoms with Gasteiger partial charge < -0.3 is 28.4 Å². The molecule has 1 saturated heterocycles. The van der Waals surface area contributed by atoms with E-state index in [4.69, 9.17) is 38.4 Å². The van der Waals surface area contributed by atoms with Gasteiger partial charge in [-0.1, -0.05) is 30.0 Å². The van der Waals surface area contributed by atoms with Crippen molar-refractivity contribution in [1.29, 1.82) is 0 Å². The Balaban J connectivity index is 1.33. The molecular weight excluding hydrogens is 714 g/mol. The second kappa shape index (κ2) is 14.9. The number of amides is 1. The molecule has 2 aromatic heterocycles. The topological polar surface area (TPSA) is 149 Å². The molecule has 0 unspecified atom stereocenters. The first kappa shape index (κ1) is 39.0. The maximum absolute atomic E-state index is 14.3. The van der Waals surface area contributed by atoms with Gasteiger partial charge in [0.2, 0.25) is 0 Å². The number of hydrogen-bond donors (Lipinski definition) is 0. The van der Waals surface area contributed by atoms with Gasteiger partial charge in [0.1, 0.15) is 30.0 Å². The minimum atomic E-state index is -0.961. The summed E-state index contributed by atoms with van der Waals surface area (Å²) < 4.78 is 65.0. The van der Waals surface area contributed by atoms with Gasteiger partial charge >= 0.3 is 12.2 Å². The van der Waals surface area contributed by atoms with E-state index in [-0.39, 0.29) is 30.5 Å². The predicted molar refractivity (Wildman–Crippen MR) is 190 cm³/mol. The summed E-state index contributed by atoms with van der Waals surface area (Å²) in [6.45, 7) is 16.3. The Morgan fingerprint density at radius 3 is 2.40 bits per heavy atom. The molecule has 53 heavy (non-hydrogen) atoms. The molecule has 0 N–H and O–H groups in total. The smallest absolute Gasteiger partial charge is 0.443 e. The number of anilines is 1. The minimum absolute atomic E-state index is 0.0220. The Morgan fingerprint density at radius 1 is 1.00 bits per heavy atom. The summed E-state index contributed by atoms with van der Waals surface area (Å²) in [6, 6.07) is 2.84. The largest absolute Gasteiger partial charge is 0.508 e. The Bertz CT molecular complexity index is 1830. The van der Waals surface area contributed by atoms with Gasteiger partial charge in [-0.3, -0.25) is 4.90 Å². The van der Waals surface area contributed by atoms with Crippen molar-refractivity contribution in [3.05, 3.63) is 35.4 Å². The first-order valence-corrected chi connectivity index (χ1v) is 18.9. The van der Waals surface area contributed by atoms with E-state index in [0.29, 0.717) is 35.0 Å². The number of ether oxygens (including phenoxy) is 6. The average Bonchev–Trinajstić information content (AvgIpc) is 3.43. The highest BCUT2D eigenvalue weighted by Gasteiger charge is 2.56. The van der Waals surface area contributed by atoms with Crippen LogP contribution in [0.1, 0.15) is 99.1 Å². The van der Waals surface area contributed by atoms with Crippen molar-refractivity contribution in [1.82, 2.24) is 25.0 Å². The first-order chi connectivity index (χ1) is 24.8. The predicted octanol–water partition coefficient (Wildman–Crippen LogP) is 7.10. The molecule has 2 saturated carbocycles. The van der Waals surface area contributed by atoms with Crippen molar-refractivity contribution in [2.24, 2.45) is 0 Å². The number of hydrogen-bond acceptors (Lipinski definition) is 13. The fourth-order valence-corrected chi connectivity index (χ4v) is 7.31. The van der Waals surface area contributed by atoms with E-state index in [0.717, 1.165) is 18.6 Å². The van der Waals surface area contributed by atoms with Crippen molar-refractivity contribution in [2.45, 2.75) is 140 Å². The van der Waals surface area contributed by atoms with Crippen LogP contribution in [-0.4, -0.2) is 97.5 Å². The van der Waals surface area contributed by atoms with Crippen LogP contribution >= 0.6 is 11.8 Å². The van der Waals surface area contributed by atoms with E-state index in [1.54, 1.807) is 46.2 Å². The lowest BCUT2D eigenvalue weighted by Crippen LogP contribution is -2.39. The number of carbonyl (C=O) groups is 2. The molecular formula is C36H48F2N6O8S. The van der Waals surface area contributed by atoms with Crippen molar-refractivity contribution < 1.29 is 46.8 Å². The monoisotopic (exact) mass is 762 g/mol. The maximum Gasteiger partial charge on any atom is 0.508 e. The van der Waals surface area contributed by atoms with Gasteiger partial charge in [-0.05, 0) is 85.9 Å². The SMILES string of the molecule is CCCSc1nc(N(C(=O)OC(C)(C)C)[C@@H]2C[C@H]2c2ccc(F)c(F)c2)c2nnn([C@@H]3C[C@H](OCCOC(=O)OC(C)(C)C)[C@H]4OC(C)(C)O[C@H]43)c2n1. The first-order valence-electron chi connectivity index (χ1n) is 17.9. The van der Waals surface area contributed by atoms with Crippen LogP contribution in [0.2, 0.25) is 0 Å². The third-order valence-electron chi connectivity index (χ3n) is 8.72. The van der Waals surface area contributed by atoms with Crippen LogP contribution in [0.15, 0.2) is 23.4 Å². The zero-order valence-corrected chi connectivity index (χ0v) is 32.4. The summed E-state index contributed by atoms with van der Waals surface area (Å²) in [5, 5.41) is 9.49. The number of fused-ring (bicyclic) bond motifs is 2. The second-order valence-electron chi connectivity index (χ2n) is 15.9. The van der Waals surface area contributed by atoms with Gasteiger partial charge in [-0.15, -0.1) is 5.10 Å². The summed E-state index contributed by atoms with van der Waals surface area (Å²) in [6.07, 6.45) is -1.16. The molecule has 2 aliphatic carbocycles. The molecule has 1 aromatic carbocycles. The highest BCUT2D eigenvalue weighted by Crippen LogP contribution is 2.49. The summed E-state index contributed by atoms with van der Waals surface area (Å²) >= 11 is 1.42. The summed E-state index contributed by atoms with van der Waals surface area (Å²) in [4.78, 5) is 37.2. The fraction of sp³-hybridized carbons (Fsp3) is 0.667. The zero-order chi connectivity index (χ0) is 38.5. The molecule has 0 radical (unpaired) electrons. The van der Waals surface area contributed by atoms with E-state index in [9.17, 15) is 18.4 Å². The molecule has 6 rings (SSSR count). The number of aromatic nitrogens is 5. The van der Waals surface area contributed by atoms with Gasteiger partial charge in [0.25, 0.3) is 0 Å². The Morgan fingerprint density at radius 2 is 1.72 bits per heavy atom. The van der Waals surface area contributed by atoms with Crippen LogP contribution in [0.3, 0.4) is 0 Å². The van der Waals surface area contributed by atoms with Gasteiger partial charge in [0, 0.05) is 24.1 Å². The molecule has 1 aliphatic heterocycles. The normalized spacial score (nSPS) is 25.0. The quantitative estimate of drug-likeness (QED) is 0.0847. The minimum Gasteiger partial charge on any atom is -0.443 e. The number of nitrogens with zero attached hydrogens (tertiary/aromatic N) is 6. The van der Waals surface area contributed by atoms with Crippen LogP contribution < -0.4 is 4.90 Å². The zero-order valence-electron chi connectivity index (χ0n) is 31.6. The summed E-state index contributed by atoms with van der Waals surface area (Å²) in [5.41, 5.74) is -0.340. The second-order valence-corrected chi connectivity index (χ2v) is 17.0. The van der Waals surface area contributed by atoms with E-state index in [2.05, 4.69) is 10.3 Å². The molecule has 6 atom stereocenters. The van der Waals surface area contributed by atoms with Gasteiger partial charge in [0.05, 0.1) is 18.8 Å². The Kier molecular flexibility index (Phi) is 11.0. The molecule has 3 aliphatic rings. The van der Waals surface area contributed by atoms with Crippen molar-refractivity contribution >= 4 is 41.0 Å². The molecule has 1 amide bonds. The van der Waals surface area contributed by atoms with Crippen LogP contribution in [0, 0.1) is 11.6 Å². The molecule has 14 nitrogen and oxygen atoms in total.